The summed E-state index contributed by atoms with van der Waals surface area (Å²) >= 11 is 0. The fraction of sp³-hybridized carbons (Fsp3) is 0. The van der Waals surface area contributed by atoms with E-state index in [1.807, 2.05) is 12.1 Å². The zero-order chi connectivity index (χ0) is 10.2. The van der Waals surface area contributed by atoms with E-state index in [-0.39, 0.29) is 37.7 Å². The van der Waals surface area contributed by atoms with Crippen LogP contribution in [0.4, 0.5) is 0 Å². The van der Waals surface area contributed by atoms with Gasteiger partial charge in [0.1, 0.15) is 11.5 Å². The van der Waals surface area contributed by atoms with Crippen molar-refractivity contribution < 1.29 is 10.2 Å². The predicted octanol–water partition coefficient (Wildman–Crippen LogP) is 2.02. The molecule has 2 aromatic rings. The fourth-order valence-electron chi connectivity index (χ4n) is 0.856. The summed E-state index contributed by atoms with van der Waals surface area (Å²) in [5.41, 5.74) is 0. The van der Waals surface area contributed by atoms with Gasteiger partial charge in [-0.25, -0.2) is 0 Å². The van der Waals surface area contributed by atoms with E-state index in [0.29, 0.717) is 11.5 Å². The monoisotopic (exact) mass is 202 g/mol. The number of phenols is 2. The molecule has 0 aromatic heterocycles. The van der Waals surface area contributed by atoms with Crippen molar-refractivity contribution in [3.63, 3.8) is 0 Å². The summed E-state index contributed by atoms with van der Waals surface area (Å²) in [6.45, 7) is 0. The zero-order valence-electron chi connectivity index (χ0n) is 9.67. The van der Waals surface area contributed by atoms with Crippen LogP contribution in [0.15, 0.2) is 60.7 Å². The van der Waals surface area contributed by atoms with E-state index in [9.17, 15) is 0 Å². The maximum atomic E-state index is 8.63. The number of phenolic OH excluding ortho intramolecular Hbond substituents is 2. The van der Waals surface area contributed by atoms with E-state index < -0.39 is 0 Å². The molecule has 0 unspecified atom stereocenters. The van der Waals surface area contributed by atoms with Crippen LogP contribution >= 0.6 is 0 Å². The van der Waals surface area contributed by atoms with Gasteiger partial charge >= 0.3 is 0 Å². The Bertz CT molecular complexity index is 314. The third kappa shape index (κ3) is 8.54. The topological polar surface area (TPSA) is 40.5 Å². The Morgan fingerprint density at radius 2 is 0.750 bits per heavy atom. The summed E-state index contributed by atoms with van der Waals surface area (Å²) in [4.78, 5) is 0. The van der Waals surface area contributed by atoms with E-state index in [0.717, 1.165) is 0 Å². The van der Waals surface area contributed by atoms with Crippen LogP contribution in [0, 0.1) is 0 Å². The van der Waals surface area contributed by atoms with Gasteiger partial charge in [0.15, 0.2) is 0 Å². The van der Waals surface area contributed by atoms with Crippen molar-refractivity contribution >= 4 is 37.7 Å². The van der Waals surface area contributed by atoms with Gasteiger partial charge in [0.05, 0.1) is 0 Å². The molecule has 2 aromatic carbocycles. The van der Waals surface area contributed by atoms with Crippen molar-refractivity contribution in [3.05, 3.63) is 60.7 Å². The molecule has 2 radical (unpaired) electrons. The number of benzene rings is 2. The van der Waals surface area contributed by atoms with Crippen LogP contribution < -0.4 is 0 Å². The molecule has 0 heterocycles. The van der Waals surface area contributed by atoms with Crippen molar-refractivity contribution in [2.75, 3.05) is 0 Å². The predicted molar refractivity (Wildman–Crippen MR) is 67.7 cm³/mol. The number of hydrogen-bond acceptors (Lipinski definition) is 2. The molecule has 2 nitrogen and oxygen atoms in total. The maximum Gasteiger partial charge on any atom is 0.115 e. The Morgan fingerprint density at radius 1 is 0.500 bits per heavy atom. The second-order valence-electron chi connectivity index (χ2n) is 2.67. The molecule has 0 aliphatic heterocycles. The second-order valence-corrected chi connectivity index (χ2v) is 2.67. The molecule has 0 bridgehead atoms. The molecule has 0 aliphatic rings. The van der Waals surface area contributed by atoms with Crippen molar-refractivity contribution in [3.8, 4) is 11.5 Å². The Kier molecular flexibility index (Phi) is 11.8. The first-order valence-corrected chi connectivity index (χ1v) is 4.27. The van der Waals surface area contributed by atoms with E-state index >= 15 is 0 Å². The van der Waals surface area contributed by atoms with Gasteiger partial charge in [0, 0.05) is 37.7 Å². The molecule has 0 aliphatic carbocycles. The standard InChI is InChI=1S/2C6H6O.2Li/c2*7-6-4-2-1-3-5-6;;/h2*1-5,7H;;. The van der Waals surface area contributed by atoms with Gasteiger partial charge in [-0.1, -0.05) is 36.4 Å². The summed E-state index contributed by atoms with van der Waals surface area (Å²) in [6.07, 6.45) is 0. The normalized spacial score (nSPS) is 7.50. The Balaban J connectivity index is 0. The number of para-hydroxylation sites is 2. The first-order valence-electron chi connectivity index (χ1n) is 4.27. The van der Waals surface area contributed by atoms with Crippen molar-refractivity contribution in [1.29, 1.82) is 0 Å². The Labute approximate surface area is 120 Å². The summed E-state index contributed by atoms with van der Waals surface area (Å²) in [6, 6.07) is 17.4. The molecular formula is C12H12Li2O2. The minimum absolute atomic E-state index is 0. The van der Waals surface area contributed by atoms with Crippen LogP contribution in [-0.4, -0.2) is 47.9 Å². The molecule has 0 amide bonds. The molecular weight excluding hydrogens is 190 g/mol. The Hall–Kier alpha value is -0.765. The first kappa shape index (κ1) is 17.6. The van der Waals surface area contributed by atoms with Crippen molar-refractivity contribution in [1.82, 2.24) is 0 Å². The van der Waals surface area contributed by atoms with Gasteiger partial charge < -0.3 is 10.2 Å². The summed E-state index contributed by atoms with van der Waals surface area (Å²) in [5.74, 6) is 0.644. The Morgan fingerprint density at radius 3 is 0.875 bits per heavy atom. The molecule has 4 heteroatoms. The van der Waals surface area contributed by atoms with Crippen LogP contribution in [0.1, 0.15) is 0 Å². The molecule has 16 heavy (non-hydrogen) atoms. The molecule has 0 atom stereocenters. The summed E-state index contributed by atoms with van der Waals surface area (Å²) in [5, 5.41) is 17.3. The van der Waals surface area contributed by atoms with Crippen molar-refractivity contribution in [2.24, 2.45) is 0 Å². The molecule has 0 spiro atoms. The summed E-state index contributed by atoms with van der Waals surface area (Å²) in [7, 11) is 0. The van der Waals surface area contributed by atoms with Crippen LogP contribution in [0.25, 0.3) is 0 Å². The molecule has 2 N–H and O–H groups in total. The van der Waals surface area contributed by atoms with Crippen LogP contribution in [0.5, 0.6) is 11.5 Å². The van der Waals surface area contributed by atoms with Crippen LogP contribution in [0.3, 0.4) is 0 Å². The van der Waals surface area contributed by atoms with E-state index in [1.165, 1.54) is 0 Å². The van der Waals surface area contributed by atoms with Gasteiger partial charge in [-0.3, -0.25) is 0 Å². The molecule has 74 valence electrons. The van der Waals surface area contributed by atoms with Crippen LogP contribution in [-0.2, 0) is 0 Å². The quantitative estimate of drug-likeness (QED) is 0.641. The van der Waals surface area contributed by atoms with Gasteiger partial charge in [-0.15, -0.1) is 0 Å². The average molecular weight is 202 g/mol. The molecule has 0 saturated carbocycles. The second kappa shape index (κ2) is 10.7. The average Bonchev–Trinajstić information content (AvgIpc) is 2.21. The van der Waals surface area contributed by atoms with E-state index in [2.05, 4.69) is 0 Å². The molecule has 0 fully saturated rings. The van der Waals surface area contributed by atoms with Gasteiger partial charge in [-0.05, 0) is 24.3 Å². The maximum absolute atomic E-state index is 8.63. The third-order valence-electron chi connectivity index (χ3n) is 1.51. The SMILES string of the molecule is Oc1ccccc1.Oc1ccccc1.[Li].[Li]. The minimum atomic E-state index is 0. The smallest absolute Gasteiger partial charge is 0.115 e. The number of aromatic hydroxyl groups is 2. The number of rotatable bonds is 0. The largest absolute Gasteiger partial charge is 0.508 e. The summed E-state index contributed by atoms with van der Waals surface area (Å²) < 4.78 is 0. The molecule has 2 rings (SSSR count). The fourth-order valence-corrected chi connectivity index (χ4v) is 0.856. The van der Waals surface area contributed by atoms with Gasteiger partial charge in [0.2, 0.25) is 0 Å². The van der Waals surface area contributed by atoms with Gasteiger partial charge in [0.25, 0.3) is 0 Å². The first-order chi connectivity index (χ1) is 6.79. The third-order valence-corrected chi connectivity index (χ3v) is 1.51. The zero-order valence-corrected chi connectivity index (χ0v) is 9.67. The van der Waals surface area contributed by atoms with E-state index in [4.69, 9.17) is 10.2 Å². The van der Waals surface area contributed by atoms with Gasteiger partial charge in [-0.2, -0.15) is 0 Å². The minimum Gasteiger partial charge on any atom is -0.508 e. The number of hydrogen-bond donors (Lipinski definition) is 2. The molecule has 0 saturated heterocycles. The van der Waals surface area contributed by atoms with Crippen LogP contribution in [0.2, 0.25) is 0 Å². The van der Waals surface area contributed by atoms with E-state index in [1.54, 1.807) is 48.5 Å². The van der Waals surface area contributed by atoms with Crippen molar-refractivity contribution in [2.45, 2.75) is 0 Å².